The van der Waals surface area contributed by atoms with Gasteiger partial charge >= 0.3 is 12.1 Å². The molecule has 2 aliphatic rings. The number of carbonyl (C=O) groups is 4. The molecule has 2 saturated heterocycles. The van der Waals surface area contributed by atoms with E-state index in [1.54, 1.807) is 73.8 Å². The van der Waals surface area contributed by atoms with Gasteiger partial charge in [-0.2, -0.15) is 0 Å². The Hall–Kier alpha value is -2.95. The summed E-state index contributed by atoms with van der Waals surface area (Å²) >= 11 is 6.66. The molecule has 0 spiro atoms. The van der Waals surface area contributed by atoms with Gasteiger partial charge in [0.2, 0.25) is 11.8 Å². The highest BCUT2D eigenvalue weighted by molar-refractivity contribution is 8.76. The van der Waals surface area contributed by atoms with Gasteiger partial charge in [-0.3, -0.25) is 14.9 Å². The fraction of sp³-hybridized carbons (Fsp3) is 0.622. The summed E-state index contributed by atoms with van der Waals surface area (Å²) in [7, 11) is 9.24. The Morgan fingerprint density at radius 1 is 1.19 bits per heavy atom. The fourth-order valence-corrected chi connectivity index (χ4v) is 7.56. The lowest BCUT2D eigenvalue weighted by Gasteiger charge is -2.41. The van der Waals surface area contributed by atoms with Gasteiger partial charge in [0.15, 0.2) is 5.72 Å². The quantitative estimate of drug-likeness (QED) is 0.0593. The number of alkyl carbamates (subject to hydrolysis) is 1. The molecule has 13 nitrogen and oxygen atoms in total. The molecule has 2 heterocycles. The van der Waals surface area contributed by atoms with E-state index in [0.717, 1.165) is 11.1 Å². The highest BCUT2D eigenvalue weighted by Crippen LogP contribution is 2.38. The standard InChI is InChI=1S/C37H54ClN3O10S2/c1-21(12-11-13-30(48-9)37(46)20-29(51-36(45)39-37)23(3)34-25(5)50-34)16-26-18-27(33(38)28(19-26)47-8)41(7)32(43)17-22(2)49-35(44)24(4)40(6)31(42)14-15-53-52-10/h11-13,18-19,22-25,29-30,34,46H,14-17,20H2,1-10H3,(H,39,45)/b13-11+,21-12+/t22-,23-,24+,25-,29+,30-,34-,37+/m1/s1. The van der Waals surface area contributed by atoms with E-state index in [2.05, 4.69) is 5.32 Å². The van der Waals surface area contributed by atoms with Crippen LogP contribution in [0.25, 0.3) is 0 Å². The Morgan fingerprint density at radius 3 is 2.47 bits per heavy atom. The maximum Gasteiger partial charge on any atom is 0.409 e. The zero-order valence-electron chi connectivity index (χ0n) is 32.2. The summed E-state index contributed by atoms with van der Waals surface area (Å²) in [5.41, 5.74) is 0.467. The first kappa shape index (κ1) is 44.4. The van der Waals surface area contributed by atoms with Crippen molar-refractivity contribution in [3.8, 4) is 5.75 Å². The Balaban J connectivity index is 1.66. The zero-order chi connectivity index (χ0) is 39.6. The van der Waals surface area contributed by atoms with E-state index in [4.69, 9.17) is 35.3 Å². The van der Waals surface area contributed by atoms with Gasteiger partial charge in [-0.05, 0) is 58.1 Å². The van der Waals surface area contributed by atoms with Crippen molar-refractivity contribution in [3.63, 3.8) is 0 Å². The van der Waals surface area contributed by atoms with Crippen LogP contribution in [0.15, 0.2) is 35.9 Å². The average molecular weight is 800 g/mol. The monoisotopic (exact) mass is 799 g/mol. The molecule has 0 aromatic heterocycles. The Kier molecular flexibility index (Phi) is 16.9. The molecular weight excluding hydrogens is 746 g/mol. The molecule has 53 heavy (non-hydrogen) atoms. The van der Waals surface area contributed by atoms with E-state index >= 15 is 0 Å². The van der Waals surface area contributed by atoms with E-state index in [-0.39, 0.29) is 47.8 Å². The molecule has 0 saturated carbocycles. The predicted molar refractivity (Wildman–Crippen MR) is 208 cm³/mol. The third-order valence-corrected chi connectivity index (χ3v) is 11.7. The van der Waals surface area contributed by atoms with Crippen molar-refractivity contribution in [2.24, 2.45) is 5.92 Å². The summed E-state index contributed by atoms with van der Waals surface area (Å²) < 4.78 is 27.7. The van der Waals surface area contributed by atoms with Crippen molar-refractivity contribution < 1.29 is 48.0 Å². The Labute approximate surface area is 325 Å². The van der Waals surface area contributed by atoms with E-state index in [1.807, 2.05) is 33.1 Å². The molecule has 16 heteroatoms. The van der Waals surface area contributed by atoms with Crippen molar-refractivity contribution >= 4 is 62.8 Å². The molecule has 0 bridgehead atoms. The lowest BCUT2D eigenvalue weighted by atomic mass is 9.88. The first-order chi connectivity index (χ1) is 25.0. The Morgan fingerprint density at radius 2 is 1.87 bits per heavy atom. The number of epoxide rings is 1. The van der Waals surface area contributed by atoms with Crippen molar-refractivity contribution in [2.45, 2.75) is 103 Å². The van der Waals surface area contributed by atoms with Crippen LogP contribution in [-0.4, -0.2) is 116 Å². The second-order valence-electron chi connectivity index (χ2n) is 13.5. The summed E-state index contributed by atoms with van der Waals surface area (Å²) in [5.74, 6) is -0.178. The first-order valence-corrected chi connectivity index (χ1v) is 20.5. The van der Waals surface area contributed by atoms with Crippen LogP contribution in [0.5, 0.6) is 5.75 Å². The summed E-state index contributed by atoms with van der Waals surface area (Å²) in [5, 5.41) is 14.2. The number of amides is 3. The molecule has 0 aliphatic carbocycles. The molecule has 1 aromatic carbocycles. The Bertz CT molecular complexity index is 1530. The van der Waals surface area contributed by atoms with Crippen molar-refractivity contribution in [3.05, 3.63) is 46.5 Å². The van der Waals surface area contributed by atoms with E-state index in [0.29, 0.717) is 30.0 Å². The van der Waals surface area contributed by atoms with Gasteiger partial charge < -0.3 is 38.6 Å². The normalized spacial score (nSPS) is 23.7. The number of carbonyl (C=O) groups excluding carboxylic acids is 4. The number of nitrogens with zero attached hydrogens (tertiary/aromatic N) is 2. The number of hydrogen-bond acceptors (Lipinski definition) is 12. The number of cyclic esters (lactones) is 1. The van der Waals surface area contributed by atoms with Crippen molar-refractivity contribution in [1.82, 2.24) is 10.2 Å². The number of benzene rings is 1. The minimum Gasteiger partial charge on any atom is -0.495 e. The van der Waals surface area contributed by atoms with Gasteiger partial charge in [0.05, 0.1) is 31.4 Å². The molecule has 0 unspecified atom stereocenters. The van der Waals surface area contributed by atoms with E-state index in [9.17, 15) is 24.3 Å². The third kappa shape index (κ3) is 12.3. The highest BCUT2D eigenvalue weighted by atomic mass is 35.5. The van der Waals surface area contributed by atoms with Crippen LogP contribution in [0, 0.1) is 5.92 Å². The van der Waals surface area contributed by atoms with Crippen LogP contribution in [0.4, 0.5) is 10.5 Å². The molecule has 0 radical (unpaired) electrons. The first-order valence-electron chi connectivity index (χ1n) is 17.4. The molecule has 296 valence electrons. The van der Waals surface area contributed by atoms with Crippen LogP contribution in [0.1, 0.15) is 59.4 Å². The van der Waals surface area contributed by atoms with Gasteiger partial charge in [0.25, 0.3) is 0 Å². The SMILES string of the molecule is COc1cc(C/C(C)=C/C=C/[C@@H](OC)[C@@]2(O)C[C@@H]([C@@H](C)[C@H]3O[C@@H]3C)OC(=O)N2)cc(N(C)C(=O)C[C@@H](C)OC(=O)[C@H](C)N(C)C(=O)CCSSC)c1Cl. The number of aliphatic hydroxyl groups is 1. The maximum atomic E-state index is 13.4. The molecule has 2 N–H and O–H groups in total. The van der Waals surface area contributed by atoms with Crippen molar-refractivity contribution in [1.29, 1.82) is 0 Å². The largest absolute Gasteiger partial charge is 0.495 e. The minimum atomic E-state index is -1.69. The summed E-state index contributed by atoms with van der Waals surface area (Å²) in [6, 6.07) is 2.78. The number of hydrogen-bond donors (Lipinski definition) is 2. The summed E-state index contributed by atoms with van der Waals surface area (Å²) in [4.78, 5) is 53.8. The van der Waals surface area contributed by atoms with Crippen LogP contribution in [0.2, 0.25) is 5.02 Å². The molecular formula is C37H54ClN3O10S2. The number of allylic oxidation sites excluding steroid dienone is 3. The van der Waals surface area contributed by atoms with Crippen molar-refractivity contribution in [2.75, 3.05) is 45.2 Å². The average Bonchev–Trinajstić information content (AvgIpc) is 3.84. The number of ether oxygens (including phenoxy) is 5. The molecule has 8 atom stereocenters. The number of halogens is 1. The lowest BCUT2D eigenvalue weighted by molar-refractivity contribution is -0.158. The number of anilines is 1. The molecule has 3 rings (SSSR count). The lowest BCUT2D eigenvalue weighted by Crippen LogP contribution is -2.63. The highest BCUT2D eigenvalue weighted by Gasteiger charge is 2.51. The summed E-state index contributed by atoms with van der Waals surface area (Å²) in [6.07, 6.45) is 5.14. The van der Waals surface area contributed by atoms with Gasteiger partial charge in [-0.1, -0.05) is 63.9 Å². The second kappa shape index (κ2) is 20.1. The third-order valence-electron chi connectivity index (χ3n) is 9.47. The topological polar surface area (TPSA) is 156 Å². The smallest absolute Gasteiger partial charge is 0.409 e. The van der Waals surface area contributed by atoms with Gasteiger partial charge in [-0.15, -0.1) is 0 Å². The number of esters is 1. The molecule has 2 aliphatic heterocycles. The molecule has 3 amide bonds. The van der Waals surface area contributed by atoms with Gasteiger partial charge in [0, 0.05) is 45.7 Å². The summed E-state index contributed by atoms with van der Waals surface area (Å²) in [6.45, 7) is 9.03. The van der Waals surface area contributed by atoms with Gasteiger partial charge in [-0.25, -0.2) is 9.59 Å². The number of nitrogens with one attached hydrogen (secondary N) is 1. The fourth-order valence-electron chi connectivity index (χ4n) is 6.08. The van der Waals surface area contributed by atoms with Gasteiger partial charge in [0.1, 0.15) is 35.1 Å². The number of likely N-dealkylation sites (N-methyl/N-ethyl adjacent to an activating group) is 1. The number of methoxy groups -OCH3 is 2. The molecule has 1 aromatic rings. The zero-order valence-corrected chi connectivity index (χ0v) is 34.6. The predicted octanol–water partition coefficient (Wildman–Crippen LogP) is 5.55. The minimum absolute atomic E-state index is 0.0329. The van der Waals surface area contributed by atoms with Crippen LogP contribution < -0.4 is 15.0 Å². The van der Waals surface area contributed by atoms with Crippen LogP contribution in [-0.2, 0) is 39.8 Å². The second-order valence-corrected chi connectivity index (χ2v) is 16.6. The van der Waals surface area contributed by atoms with E-state index < -0.39 is 42.1 Å². The molecule has 2 fully saturated rings. The van der Waals surface area contributed by atoms with Crippen LogP contribution >= 0.6 is 33.2 Å². The number of rotatable bonds is 19. The van der Waals surface area contributed by atoms with Crippen LogP contribution in [0.3, 0.4) is 0 Å². The van der Waals surface area contributed by atoms with E-state index in [1.165, 1.54) is 24.0 Å². The maximum absolute atomic E-state index is 13.4.